The minimum absolute atomic E-state index is 0.0529. The van der Waals surface area contributed by atoms with Crippen molar-refractivity contribution < 1.29 is 19.3 Å². The third kappa shape index (κ3) is 8.82. The van der Waals surface area contributed by atoms with Crippen molar-refractivity contribution in [3.05, 3.63) is 35.9 Å². The molecule has 0 aliphatic carbocycles. The van der Waals surface area contributed by atoms with Crippen LogP contribution in [0.2, 0.25) is 0 Å². The molecule has 0 amide bonds. The van der Waals surface area contributed by atoms with Gasteiger partial charge in [0.05, 0.1) is 18.8 Å². The summed E-state index contributed by atoms with van der Waals surface area (Å²) in [6, 6.07) is 10.3. The van der Waals surface area contributed by atoms with Gasteiger partial charge in [0, 0.05) is 20.1 Å². The molecule has 1 rings (SSSR count). The van der Waals surface area contributed by atoms with Crippen molar-refractivity contribution in [2.45, 2.75) is 59.4 Å². The number of benzene rings is 1. The Balaban J connectivity index is 2.67. The molecule has 0 aliphatic rings. The summed E-state index contributed by atoms with van der Waals surface area (Å²) in [5, 5.41) is 9.33. The van der Waals surface area contributed by atoms with Crippen molar-refractivity contribution in [1.82, 2.24) is 0 Å². The molecule has 4 nitrogen and oxygen atoms in total. The Labute approximate surface area is 153 Å². The molecule has 0 spiro atoms. The van der Waals surface area contributed by atoms with Gasteiger partial charge in [-0.3, -0.25) is 0 Å². The molecule has 0 heterocycles. The normalized spacial score (nSPS) is 16.6. The topological polar surface area (TPSA) is 47.9 Å². The molecule has 0 aromatic heterocycles. The summed E-state index contributed by atoms with van der Waals surface area (Å²) < 4.78 is 17.3. The number of aliphatic hydroxyl groups excluding tert-OH is 1. The predicted octanol–water partition coefficient (Wildman–Crippen LogP) is 4.26. The molecular weight excluding hydrogens is 316 g/mol. The first-order chi connectivity index (χ1) is 12.0. The maximum Gasteiger partial charge on any atom is 0.146 e. The average molecular weight is 353 g/mol. The molecule has 144 valence electrons. The molecule has 25 heavy (non-hydrogen) atoms. The highest BCUT2D eigenvalue weighted by atomic mass is 16.7. The first-order valence-electron chi connectivity index (χ1n) is 9.34. The zero-order chi connectivity index (χ0) is 18.7. The van der Waals surface area contributed by atoms with Crippen LogP contribution in [0.5, 0.6) is 0 Å². The molecule has 0 unspecified atom stereocenters. The number of hydrogen-bond acceptors (Lipinski definition) is 4. The van der Waals surface area contributed by atoms with E-state index in [1.165, 1.54) is 5.56 Å². The van der Waals surface area contributed by atoms with Gasteiger partial charge in [-0.15, -0.1) is 0 Å². The van der Waals surface area contributed by atoms with Crippen molar-refractivity contribution in [3.63, 3.8) is 0 Å². The van der Waals surface area contributed by atoms with E-state index in [9.17, 15) is 5.11 Å². The lowest BCUT2D eigenvalue weighted by Gasteiger charge is -2.31. The van der Waals surface area contributed by atoms with Gasteiger partial charge in [0.25, 0.3) is 0 Å². The standard InChI is InChI=1S/C21H36O4/c1-16(2)20(24-14-19-9-7-6-8-10-19)12-21(25-15-23-5)18(4)11-17(3)13-22/h6-10,16-18,20-22H,11-15H2,1-5H3/t17-,18+,20-,21+/m0/s1. The maximum atomic E-state index is 9.33. The number of methoxy groups -OCH3 is 1. The van der Waals surface area contributed by atoms with Gasteiger partial charge >= 0.3 is 0 Å². The van der Waals surface area contributed by atoms with E-state index < -0.39 is 0 Å². The van der Waals surface area contributed by atoms with E-state index in [0.29, 0.717) is 18.4 Å². The molecule has 4 heteroatoms. The van der Waals surface area contributed by atoms with Crippen molar-refractivity contribution in [1.29, 1.82) is 0 Å². The highest BCUT2D eigenvalue weighted by molar-refractivity contribution is 5.13. The van der Waals surface area contributed by atoms with Crippen LogP contribution in [0.4, 0.5) is 0 Å². The van der Waals surface area contributed by atoms with E-state index in [0.717, 1.165) is 12.8 Å². The Morgan fingerprint density at radius 2 is 1.60 bits per heavy atom. The first kappa shape index (κ1) is 22.1. The number of hydrogen-bond donors (Lipinski definition) is 1. The summed E-state index contributed by atoms with van der Waals surface area (Å²) in [6.45, 7) is 9.72. The van der Waals surface area contributed by atoms with Gasteiger partial charge < -0.3 is 19.3 Å². The second-order valence-corrected chi connectivity index (χ2v) is 7.43. The van der Waals surface area contributed by atoms with Crippen LogP contribution in [-0.4, -0.2) is 37.8 Å². The monoisotopic (exact) mass is 352 g/mol. The summed E-state index contributed by atoms with van der Waals surface area (Å²) in [4.78, 5) is 0. The van der Waals surface area contributed by atoms with Gasteiger partial charge in [0.15, 0.2) is 0 Å². The Morgan fingerprint density at radius 1 is 0.920 bits per heavy atom. The fourth-order valence-corrected chi connectivity index (χ4v) is 3.02. The first-order valence-corrected chi connectivity index (χ1v) is 9.34. The van der Waals surface area contributed by atoms with Gasteiger partial charge in [-0.25, -0.2) is 0 Å². The molecule has 0 saturated heterocycles. The van der Waals surface area contributed by atoms with Gasteiger partial charge in [-0.1, -0.05) is 58.0 Å². The van der Waals surface area contributed by atoms with Crippen molar-refractivity contribution >= 4 is 0 Å². The smallest absolute Gasteiger partial charge is 0.146 e. The highest BCUT2D eigenvalue weighted by Crippen LogP contribution is 2.25. The SMILES string of the molecule is COCO[C@H](C[C@H](OCc1ccccc1)C(C)C)[C@H](C)C[C@H](C)CO. The number of ether oxygens (including phenoxy) is 3. The van der Waals surface area contributed by atoms with Crippen molar-refractivity contribution in [2.24, 2.45) is 17.8 Å². The molecule has 0 saturated carbocycles. The molecule has 1 N–H and O–H groups in total. The van der Waals surface area contributed by atoms with Gasteiger partial charge in [0.1, 0.15) is 6.79 Å². The summed E-state index contributed by atoms with van der Waals surface area (Å²) in [5.74, 6) is 1.00. The van der Waals surface area contributed by atoms with Gasteiger partial charge in [0.2, 0.25) is 0 Å². The van der Waals surface area contributed by atoms with Crippen molar-refractivity contribution in [2.75, 3.05) is 20.5 Å². The lowest BCUT2D eigenvalue weighted by molar-refractivity contribution is -0.117. The van der Waals surface area contributed by atoms with Crippen LogP contribution in [-0.2, 0) is 20.8 Å². The third-order valence-corrected chi connectivity index (χ3v) is 4.64. The molecule has 0 fully saturated rings. The lowest BCUT2D eigenvalue weighted by Crippen LogP contribution is -2.33. The maximum absolute atomic E-state index is 9.33. The largest absolute Gasteiger partial charge is 0.396 e. The van der Waals surface area contributed by atoms with Crippen molar-refractivity contribution in [3.8, 4) is 0 Å². The summed E-state index contributed by atoms with van der Waals surface area (Å²) in [5.41, 5.74) is 1.18. The highest BCUT2D eigenvalue weighted by Gasteiger charge is 2.26. The quantitative estimate of drug-likeness (QED) is 0.539. The van der Waals surface area contributed by atoms with Crippen LogP contribution in [0.3, 0.4) is 0 Å². The van der Waals surface area contributed by atoms with Gasteiger partial charge in [-0.2, -0.15) is 0 Å². The second-order valence-electron chi connectivity index (χ2n) is 7.43. The summed E-state index contributed by atoms with van der Waals surface area (Å²) in [6.07, 6.45) is 1.92. The van der Waals surface area contributed by atoms with E-state index in [1.54, 1.807) is 7.11 Å². The number of aliphatic hydroxyl groups is 1. The Bertz CT molecular complexity index is 435. The van der Waals surface area contributed by atoms with Crippen LogP contribution in [0.1, 0.15) is 46.1 Å². The summed E-state index contributed by atoms with van der Waals surface area (Å²) >= 11 is 0. The van der Waals surface area contributed by atoms with Crippen LogP contribution in [0.15, 0.2) is 30.3 Å². The minimum atomic E-state index is 0.0529. The lowest BCUT2D eigenvalue weighted by atomic mass is 9.88. The fraction of sp³-hybridized carbons (Fsp3) is 0.714. The van der Waals surface area contributed by atoms with Crippen LogP contribution < -0.4 is 0 Å². The molecule has 0 bridgehead atoms. The minimum Gasteiger partial charge on any atom is -0.396 e. The second kappa shape index (κ2) is 12.4. The van der Waals surface area contributed by atoms with E-state index in [4.69, 9.17) is 14.2 Å². The predicted molar refractivity (Wildman–Crippen MR) is 101 cm³/mol. The molecule has 1 aromatic carbocycles. The molecule has 0 radical (unpaired) electrons. The molecule has 0 aliphatic heterocycles. The Hall–Kier alpha value is -0.940. The van der Waals surface area contributed by atoms with Crippen LogP contribution in [0, 0.1) is 17.8 Å². The van der Waals surface area contributed by atoms with E-state index in [1.807, 2.05) is 18.2 Å². The van der Waals surface area contributed by atoms with Crippen LogP contribution in [0.25, 0.3) is 0 Å². The summed E-state index contributed by atoms with van der Waals surface area (Å²) in [7, 11) is 1.64. The van der Waals surface area contributed by atoms with E-state index >= 15 is 0 Å². The zero-order valence-electron chi connectivity index (χ0n) is 16.5. The van der Waals surface area contributed by atoms with E-state index in [-0.39, 0.29) is 31.5 Å². The third-order valence-electron chi connectivity index (χ3n) is 4.64. The van der Waals surface area contributed by atoms with Gasteiger partial charge in [-0.05, 0) is 29.7 Å². The van der Waals surface area contributed by atoms with E-state index in [2.05, 4.69) is 39.8 Å². The average Bonchev–Trinajstić information content (AvgIpc) is 2.61. The van der Waals surface area contributed by atoms with Crippen LogP contribution >= 0.6 is 0 Å². The molecular formula is C21H36O4. The molecule has 4 atom stereocenters. The zero-order valence-corrected chi connectivity index (χ0v) is 16.5. The molecule has 1 aromatic rings. The Kier molecular flexibility index (Phi) is 11.0. The Morgan fingerprint density at radius 3 is 2.16 bits per heavy atom. The fourth-order valence-electron chi connectivity index (χ4n) is 3.02. The number of rotatable bonds is 13.